The van der Waals surface area contributed by atoms with Crippen molar-refractivity contribution in [3.63, 3.8) is 0 Å². The Labute approximate surface area is 185 Å². The van der Waals surface area contributed by atoms with Gasteiger partial charge in [-0.25, -0.2) is 8.42 Å². The number of rotatable bonds is 9. The SMILES string of the molecule is CCN(Cc1ccccc1)Cc1ccc(-c2cc(S(=O)(=O)CC)ccc2OC)[nH]1.Cl. The van der Waals surface area contributed by atoms with E-state index in [9.17, 15) is 8.42 Å². The molecule has 5 nitrogen and oxygen atoms in total. The molecule has 0 spiro atoms. The maximum atomic E-state index is 12.3. The van der Waals surface area contributed by atoms with Crippen LogP contribution in [0.15, 0.2) is 65.6 Å². The zero-order chi connectivity index (χ0) is 20.9. The van der Waals surface area contributed by atoms with Crippen molar-refractivity contribution in [1.82, 2.24) is 9.88 Å². The first-order valence-corrected chi connectivity index (χ1v) is 11.5. The predicted octanol–water partition coefficient (Wildman–Crippen LogP) is 4.93. The van der Waals surface area contributed by atoms with Crippen LogP contribution >= 0.6 is 12.4 Å². The summed E-state index contributed by atoms with van der Waals surface area (Å²) in [5.41, 5.74) is 3.95. The van der Waals surface area contributed by atoms with Crippen molar-refractivity contribution in [2.75, 3.05) is 19.4 Å². The first-order valence-electron chi connectivity index (χ1n) is 9.82. The molecule has 0 fully saturated rings. The van der Waals surface area contributed by atoms with Gasteiger partial charge in [-0.1, -0.05) is 44.2 Å². The fraction of sp³-hybridized carbons (Fsp3) is 0.304. The topological polar surface area (TPSA) is 62.4 Å². The van der Waals surface area contributed by atoms with Crippen LogP contribution in [0.4, 0.5) is 0 Å². The van der Waals surface area contributed by atoms with Crippen LogP contribution in [0.5, 0.6) is 5.75 Å². The number of aromatic nitrogens is 1. The fourth-order valence-corrected chi connectivity index (χ4v) is 4.22. The van der Waals surface area contributed by atoms with Gasteiger partial charge in [-0.05, 0) is 42.4 Å². The van der Waals surface area contributed by atoms with E-state index >= 15 is 0 Å². The standard InChI is InChI=1S/C23H28N2O3S.ClH/c1-4-25(16-18-9-7-6-8-10-18)17-19-11-13-22(24-19)21-15-20(29(26,27)5-2)12-14-23(21)28-3;/h6-15,24H,4-5,16-17H2,1-3H3;1H. The quantitative estimate of drug-likeness (QED) is 0.504. The van der Waals surface area contributed by atoms with Crippen molar-refractivity contribution < 1.29 is 13.2 Å². The highest BCUT2D eigenvalue weighted by atomic mass is 35.5. The summed E-state index contributed by atoms with van der Waals surface area (Å²) in [4.78, 5) is 6.09. The van der Waals surface area contributed by atoms with Crippen molar-refractivity contribution in [1.29, 1.82) is 0 Å². The molecule has 30 heavy (non-hydrogen) atoms. The number of ether oxygens (including phenoxy) is 1. The number of hydrogen-bond acceptors (Lipinski definition) is 4. The number of aromatic amines is 1. The van der Waals surface area contributed by atoms with E-state index in [4.69, 9.17) is 4.74 Å². The summed E-state index contributed by atoms with van der Waals surface area (Å²) in [5, 5.41) is 0. The second-order valence-electron chi connectivity index (χ2n) is 6.95. The van der Waals surface area contributed by atoms with Gasteiger partial charge in [-0.2, -0.15) is 0 Å². The zero-order valence-electron chi connectivity index (χ0n) is 17.6. The van der Waals surface area contributed by atoms with Crippen LogP contribution in [-0.4, -0.2) is 37.7 Å². The molecule has 0 aliphatic carbocycles. The summed E-state index contributed by atoms with van der Waals surface area (Å²) in [7, 11) is -1.69. The van der Waals surface area contributed by atoms with E-state index in [1.54, 1.807) is 32.2 Å². The van der Waals surface area contributed by atoms with Crippen LogP contribution in [0.2, 0.25) is 0 Å². The van der Waals surface area contributed by atoms with E-state index in [1.165, 1.54) is 5.56 Å². The van der Waals surface area contributed by atoms with E-state index in [1.807, 2.05) is 18.2 Å². The molecule has 162 valence electrons. The Bertz CT molecular complexity index is 1050. The number of nitrogens with one attached hydrogen (secondary N) is 1. The smallest absolute Gasteiger partial charge is 0.178 e. The molecule has 1 aromatic heterocycles. The number of benzene rings is 2. The van der Waals surface area contributed by atoms with Crippen LogP contribution in [0.25, 0.3) is 11.3 Å². The van der Waals surface area contributed by atoms with E-state index in [2.05, 4.69) is 41.1 Å². The van der Waals surface area contributed by atoms with Gasteiger partial charge in [0.1, 0.15) is 5.75 Å². The number of hydrogen-bond donors (Lipinski definition) is 1. The lowest BCUT2D eigenvalue weighted by Crippen LogP contribution is -2.22. The molecule has 3 aromatic rings. The predicted molar refractivity (Wildman–Crippen MR) is 124 cm³/mol. The highest BCUT2D eigenvalue weighted by Crippen LogP contribution is 2.32. The van der Waals surface area contributed by atoms with Gasteiger partial charge in [0.2, 0.25) is 0 Å². The number of halogens is 1. The summed E-state index contributed by atoms with van der Waals surface area (Å²) in [6.07, 6.45) is 0. The maximum absolute atomic E-state index is 12.3. The van der Waals surface area contributed by atoms with Gasteiger partial charge in [0, 0.05) is 30.0 Å². The van der Waals surface area contributed by atoms with Gasteiger partial charge in [0.25, 0.3) is 0 Å². The average molecular weight is 449 g/mol. The second kappa shape index (κ2) is 10.7. The third kappa shape index (κ3) is 5.65. The molecular formula is C23H29ClN2O3S. The molecule has 3 rings (SSSR count). The molecule has 0 radical (unpaired) electrons. The van der Waals surface area contributed by atoms with Crippen LogP contribution in [0, 0.1) is 0 Å². The first kappa shape index (κ1) is 24.0. The summed E-state index contributed by atoms with van der Waals surface area (Å²) in [6.45, 7) is 6.38. The molecule has 0 amide bonds. The molecular weight excluding hydrogens is 420 g/mol. The van der Waals surface area contributed by atoms with E-state index in [0.717, 1.165) is 36.6 Å². The lowest BCUT2D eigenvalue weighted by atomic mass is 10.1. The molecule has 0 saturated heterocycles. The molecule has 0 atom stereocenters. The highest BCUT2D eigenvalue weighted by Gasteiger charge is 2.17. The Morgan fingerprint density at radius 2 is 1.70 bits per heavy atom. The Balaban J connectivity index is 0.00000320. The van der Waals surface area contributed by atoms with Crippen LogP contribution < -0.4 is 4.74 Å². The van der Waals surface area contributed by atoms with Crippen molar-refractivity contribution in [2.24, 2.45) is 0 Å². The molecule has 0 saturated carbocycles. The van der Waals surface area contributed by atoms with Gasteiger partial charge in [-0.3, -0.25) is 4.90 Å². The Hall–Kier alpha value is -2.28. The minimum absolute atomic E-state index is 0. The molecule has 1 N–H and O–H groups in total. The third-order valence-electron chi connectivity index (χ3n) is 5.04. The number of nitrogens with zero attached hydrogens (tertiary/aromatic N) is 1. The summed E-state index contributed by atoms with van der Waals surface area (Å²) >= 11 is 0. The minimum atomic E-state index is -3.28. The minimum Gasteiger partial charge on any atom is -0.496 e. The molecule has 2 aromatic carbocycles. The summed E-state index contributed by atoms with van der Waals surface area (Å²) in [6, 6.07) is 19.4. The van der Waals surface area contributed by atoms with Crippen molar-refractivity contribution >= 4 is 22.2 Å². The maximum Gasteiger partial charge on any atom is 0.178 e. The molecule has 0 aliphatic rings. The lowest BCUT2D eigenvalue weighted by molar-refractivity contribution is 0.268. The third-order valence-corrected chi connectivity index (χ3v) is 6.77. The highest BCUT2D eigenvalue weighted by molar-refractivity contribution is 7.91. The largest absolute Gasteiger partial charge is 0.496 e. The Kier molecular flexibility index (Phi) is 8.53. The summed E-state index contributed by atoms with van der Waals surface area (Å²) < 4.78 is 30.0. The lowest BCUT2D eigenvalue weighted by Gasteiger charge is -2.19. The zero-order valence-corrected chi connectivity index (χ0v) is 19.2. The molecule has 1 heterocycles. The molecule has 0 aliphatic heterocycles. The van der Waals surface area contributed by atoms with E-state index in [-0.39, 0.29) is 18.2 Å². The van der Waals surface area contributed by atoms with Crippen LogP contribution in [0.1, 0.15) is 25.1 Å². The molecule has 0 unspecified atom stereocenters. The second-order valence-corrected chi connectivity index (χ2v) is 9.23. The Morgan fingerprint density at radius 1 is 0.967 bits per heavy atom. The van der Waals surface area contributed by atoms with Crippen molar-refractivity contribution in [2.45, 2.75) is 31.8 Å². The monoisotopic (exact) mass is 448 g/mol. The summed E-state index contributed by atoms with van der Waals surface area (Å²) in [5.74, 6) is 0.713. The van der Waals surface area contributed by atoms with Gasteiger partial charge in [0.15, 0.2) is 9.84 Å². The average Bonchev–Trinajstić information content (AvgIpc) is 3.21. The van der Waals surface area contributed by atoms with Crippen LogP contribution in [0.3, 0.4) is 0 Å². The van der Waals surface area contributed by atoms with Crippen LogP contribution in [-0.2, 0) is 22.9 Å². The van der Waals surface area contributed by atoms with Gasteiger partial charge in [-0.15, -0.1) is 12.4 Å². The normalized spacial score (nSPS) is 11.3. The molecule has 0 bridgehead atoms. The van der Waals surface area contributed by atoms with Crippen molar-refractivity contribution in [3.05, 3.63) is 71.9 Å². The molecule has 7 heteroatoms. The fourth-order valence-electron chi connectivity index (χ4n) is 3.31. The van der Waals surface area contributed by atoms with Crippen molar-refractivity contribution in [3.8, 4) is 17.0 Å². The van der Waals surface area contributed by atoms with Gasteiger partial charge in [0.05, 0.1) is 17.8 Å². The Morgan fingerprint density at radius 3 is 2.33 bits per heavy atom. The van der Waals surface area contributed by atoms with E-state index < -0.39 is 9.84 Å². The first-order chi connectivity index (χ1) is 14.0. The van der Waals surface area contributed by atoms with Gasteiger partial charge < -0.3 is 9.72 Å². The number of H-pyrrole nitrogens is 1. The van der Waals surface area contributed by atoms with Gasteiger partial charge >= 0.3 is 0 Å². The number of methoxy groups -OCH3 is 1. The van der Waals surface area contributed by atoms with E-state index in [0.29, 0.717) is 10.6 Å². The number of sulfone groups is 1.